The van der Waals surface area contributed by atoms with Crippen molar-refractivity contribution in [1.29, 1.82) is 0 Å². The summed E-state index contributed by atoms with van der Waals surface area (Å²) in [5, 5.41) is 4.58. The Balaban J connectivity index is 1.89. The Bertz CT molecular complexity index is 823. The maximum atomic E-state index is 13.4. The van der Waals surface area contributed by atoms with Crippen LogP contribution in [0.15, 0.2) is 48.7 Å². The van der Waals surface area contributed by atoms with Gasteiger partial charge in [-0.3, -0.25) is 9.80 Å². The first-order valence-electron chi connectivity index (χ1n) is 9.08. The first kappa shape index (κ1) is 19.8. The lowest BCUT2D eigenvalue weighted by atomic mass is 10.1. The lowest BCUT2D eigenvalue weighted by molar-refractivity contribution is -0.129. The van der Waals surface area contributed by atoms with Gasteiger partial charge in [0.1, 0.15) is 5.82 Å². The highest BCUT2D eigenvalue weighted by molar-refractivity contribution is 5.81. The highest BCUT2D eigenvalue weighted by atomic mass is 19.1. The molecule has 0 bridgehead atoms. The van der Waals surface area contributed by atoms with Crippen molar-refractivity contribution in [3.63, 3.8) is 0 Å². The van der Waals surface area contributed by atoms with Crippen molar-refractivity contribution in [3.8, 4) is 5.88 Å². The van der Waals surface area contributed by atoms with Gasteiger partial charge in [-0.15, -0.1) is 0 Å². The maximum absolute atomic E-state index is 13.4. The molecule has 28 heavy (non-hydrogen) atoms. The van der Waals surface area contributed by atoms with Crippen LogP contribution in [0.5, 0.6) is 5.88 Å². The zero-order chi connectivity index (χ0) is 19.9. The van der Waals surface area contributed by atoms with Gasteiger partial charge in [0.05, 0.1) is 31.2 Å². The number of amides is 1. The Morgan fingerprint density at radius 1 is 1.36 bits per heavy atom. The number of carbonyl (C=O) groups is 1. The zero-order valence-electron chi connectivity index (χ0n) is 15.8. The molecule has 0 radical (unpaired) electrons. The van der Waals surface area contributed by atoms with Crippen LogP contribution < -0.4 is 20.9 Å². The fourth-order valence-corrected chi connectivity index (χ4v) is 2.97. The van der Waals surface area contributed by atoms with E-state index in [9.17, 15) is 9.18 Å². The number of benzene rings is 1. The molecule has 7 nitrogen and oxygen atoms in total. The summed E-state index contributed by atoms with van der Waals surface area (Å²) < 4.78 is 18.5. The summed E-state index contributed by atoms with van der Waals surface area (Å²) >= 11 is 0. The number of pyridine rings is 1. The molecule has 0 saturated carbocycles. The Morgan fingerprint density at radius 2 is 2.14 bits per heavy atom. The smallest absolute Gasteiger partial charge is 0.236 e. The molecule has 2 aromatic rings. The van der Waals surface area contributed by atoms with Crippen molar-refractivity contribution in [1.82, 2.24) is 15.2 Å². The lowest BCUT2D eigenvalue weighted by Gasteiger charge is -2.24. The number of nitrogens with one attached hydrogen (secondary N) is 1. The summed E-state index contributed by atoms with van der Waals surface area (Å²) in [5.74, 6) is 6.55. The summed E-state index contributed by atoms with van der Waals surface area (Å²) in [7, 11) is 1.54. The molecule has 1 aliphatic heterocycles. The summed E-state index contributed by atoms with van der Waals surface area (Å²) in [6, 6.07) is 9.56. The molecular formula is C20H24FN5O2. The van der Waals surface area contributed by atoms with E-state index in [1.165, 1.54) is 17.1 Å². The van der Waals surface area contributed by atoms with Crippen LogP contribution in [0, 0.1) is 5.82 Å². The van der Waals surface area contributed by atoms with Crippen LogP contribution >= 0.6 is 0 Å². The molecule has 0 spiro atoms. The summed E-state index contributed by atoms with van der Waals surface area (Å²) in [4.78, 5) is 18.2. The molecule has 1 amide bonds. The second-order valence-electron chi connectivity index (χ2n) is 6.40. The van der Waals surface area contributed by atoms with Crippen molar-refractivity contribution in [2.75, 3.05) is 38.3 Å². The SMILES string of the molecule is COc1ccc(N(N)/C(=C\CN2CCCNCC2=O)c2ccc(F)cc2)cn1. The molecule has 3 rings (SSSR count). The third-order valence-electron chi connectivity index (χ3n) is 4.52. The predicted molar refractivity (Wildman–Crippen MR) is 106 cm³/mol. The number of methoxy groups -OCH3 is 1. The monoisotopic (exact) mass is 385 g/mol. The van der Waals surface area contributed by atoms with Gasteiger partial charge < -0.3 is 15.0 Å². The summed E-state index contributed by atoms with van der Waals surface area (Å²) in [5.41, 5.74) is 2.03. The quantitative estimate of drug-likeness (QED) is 0.583. The molecule has 1 fully saturated rings. The normalized spacial score (nSPS) is 15.3. The fraction of sp³-hybridized carbons (Fsp3) is 0.300. The number of carbonyl (C=O) groups excluding carboxylic acids is 1. The molecule has 0 aliphatic carbocycles. The van der Waals surface area contributed by atoms with E-state index in [4.69, 9.17) is 10.6 Å². The van der Waals surface area contributed by atoms with Gasteiger partial charge in [-0.2, -0.15) is 0 Å². The van der Waals surface area contributed by atoms with E-state index >= 15 is 0 Å². The molecule has 1 aromatic heterocycles. The van der Waals surface area contributed by atoms with Crippen molar-refractivity contribution in [3.05, 3.63) is 60.1 Å². The van der Waals surface area contributed by atoms with E-state index in [1.807, 2.05) is 6.08 Å². The molecule has 2 heterocycles. The van der Waals surface area contributed by atoms with Crippen LogP contribution in [0.2, 0.25) is 0 Å². The first-order chi connectivity index (χ1) is 13.6. The molecule has 1 aliphatic rings. The van der Waals surface area contributed by atoms with Gasteiger partial charge in [0.15, 0.2) is 0 Å². The van der Waals surface area contributed by atoms with Crippen LogP contribution in [-0.2, 0) is 4.79 Å². The Kier molecular flexibility index (Phi) is 6.57. The van der Waals surface area contributed by atoms with E-state index in [2.05, 4.69) is 10.3 Å². The minimum atomic E-state index is -0.327. The van der Waals surface area contributed by atoms with E-state index in [0.717, 1.165) is 18.5 Å². The average Bonchev–Trinajstić information content (AvgIpc) is 2.93. The minimum absolute atomic E-state index is 0.0434. The van der Waals surface area contributed by atoms with Gasteiger partial charge in [0.25, 0.3) is 0 Å². The zero-order valence-corrected chi connectivity index (χ0v) is 15.8. The van der Waals surface area contributed by atoms with Crippen LogP contribution in [0.25, 0.3) is 5.70 Å². The number of nitrogens with zero attached hydrogens (tertiary/aromatic N) is 3. The van der Waals surface area contributed by atoms with Gasteiger partial charge in [0.2, 0.25) is 11.8 Å². The molecule has 1 saturated heterocycles. The predicted octanol–water partition coefficient (Wildman–Crippen LogP) is 1.77. The van der Waals surface area contributed by atoms with Crippen molar-refractivity contribution >= 4 is 17.3 Å². The van der Waals surface area contributed by atoms with E-state index < -0.39 is 0 Å². The Morgan fingerprint density at radius 3 is 2.82 bits per heavy atom. The number of aromatic nitrogens is 1. The van der Waals surface area contributed by atoms with Gasteiger partial charge in [-0.05, 0) is 54.9 Å². The number of rotatable bonds is 6. The third-order valence-corrected chi connectivity index (χ3v) is 4.52. The highest BCUT2D eigenvalue weighted by Crippen LogP contribution is 2.24. The number of halogens is 1. The Hall–Kier alpha value is -2.97. The average molecular weight is 385 g/mol. The molecule has 0 atom stereocenters. The van der Waals surface area contributed by atoms with Crippen LogP contribution in [0.1, 0.15) is 12.0 Å². The van der Waals surface area contributed by atoms with Gasteiger partial charge >= 0.3 is 0 Å². The standard InChI is InChI=1S/C20H24FN5O2/c1-28-19-8-7-17(13-24-19)26(22)18(15-3-5-16(21)6-4-15)9-12-25-11-2-10-23-14-20(25)27/h3-9,13,23H,2,10-12,14,22H2,1H3/b18-9-. The number of ether oxygens (including phenoxy) is 1. The van der Waals surface area contributed by atoms with Crippen molar-refractivity contribution < 1.29 is 13.9 Å². The number of hydrogen-bond donors (Lipinski definition) is 2. The van der Waals surface area contributed by atoms with Gasteiger partial charge in [-0.1, -0.05) is 0 Å². The van der Waals surface area contributed by atoms with Gasteiger partial charge in [-0.25, -0.2) is 15.2 Å². The topological polar surface area (TPSA) is 83.7 Å². The largest absolute Gasteiger partial charge is 0.481 e. The number of anilines is 1. The summed E-state index contributed by atoms with van der Waals surface area (Å²) in [6.07, 6.45) is 4.36. The molecule has 3 N–H and O–H groups in total. The molecule has 8 heteroatoms. The minimum Gasteiger partial charge on any atom is -0.481 e. The molecule has 0 unspecified atom stereocenters. The van der Waals surface area contributed by atoms with Crippen molar-refractivity contribution in [2.24, 2.45) is 5.84 Å². The van der Waals surface area contributed by atoms with Crippen LogP contribution in [-0.4, -0.2) is 49.1 Å². The van der Waals surface area contributed by atoms with E-state index in [0.29, 0.717) is 36.9 Å². The maximum Gasteiger partial charge on any atom is 0.236 e. The third kappa shape index (κ3) is 4.85. The number of hydrazine groups is 1. The molecular weight excluding hydrogens is 361 g/mol. The van der Waals surface area contributed by atoms with E-state index in [-0.39, 0.29) is 11.7 Å². The lowest BCUT2D eigenvalue weighted by Crippen LogP contribution is -2.36. The second kappa shape index (κ2) is 9.29. The van der Waals surface area contributed by atoms with Crippen LogP contribution in [0.3, 0.4) is 0 Å². The highest BCUT2D eigenvalue weighted by Gasteiger charge is 2.17. The Labute approximate surface area is 163 Å². The molecule has 1 aromatic carbocycles. The number of nitrogens with two attached hydrogens (primary N) is 1. The summed E-state index contributed by atoms with van der Waals surface area (Å²) in [6.45, 7) is 2.23. The first-order valence-corrected chi connectivity index (χ1v) is 9.08. The van der Waals surface area contributed by atoms with Crippen LogP contribution in [0.4, 0.5) is 10.1 Å². The van der Waals surface area contributed by atoms with Gasteiger partial charge in [0, 0.05) is 19.2 Å². The fourth-order valence-electron chi connectivity index (χ4n) is 2.97. The van der Waals surface area contributed by atoms with E-state index in [1.54, 1.807) is 42.5 Å². The number of hydrogen-bond acceptors (Lipinski definition) is 6. The second-order valence-corrected chi connectivity index (χ2v) is 6.40. The van der Waals surface area contributed by atoms with Crippen molar-refractivity contribution in [2.45, 2.75) is 6.42 Å². The molecule has 148 valence electrons.